The molecule has 0 unspecified atom stereocenters. The van der Waals surface area contributed by atoms with Crippen LogP contribution in [0.2, 0.25) is 10.0 Å². The first-order chi connectivity index (χ1) is 12.2. The molecule has 1 aliphatic rings. The lowest BCUT2D eigenvalue weighted by atomic mass is 10.1. The van der Waals surface area contributed by atoms with Crippen LogP contribution in [0.15, 0.2) is 33.9 Å². The third-order valence-corrected chi connectivity index (χ3v) is 5.75. The molecule has 5 nitrogen and oxygen atoms in total. The van der Waals surface area contributed by atoms with E-state index < -0.39 is 0 Å². The highest BCUT2D eigenvalue weighted by molar-refractivity contribution is 7.98. The number of rotatable bonds is 5. The molecule has 0 saturated heterocycles. The van der Waals surface area contributed by atoms with Crippen LogP contribution >= 0.6 is 35.0 Å². The topological polar surface area (TPSA) is 67.6 Å². The minimum absolute atomic E-state index is 0.533. The van der Waals surface area contributed by atoms with Crippen molar-refractivity contribution in [3.05, 3.63) is 45.9 Å². The van der Waals surface area contributed by atoms with Crippen LogP contribution in [0.25, 0.3) is 11.3 Å². The van der Waals surface area contributed by atoms with Crippen molar-refractivity contribution in [2.75, 3.05) is 0 Å². The zero-order valence-electron chi connectivity index (χ0n) is 13.3. The lowest BCUT2D eigenvalue weighted by Crippen LogP contribution is -1.94. The van der Waals surface area contributed by atoms with Gasteiger partial charge < -0.3 is 4.52 Å². The van der Waals surface area contributed by atoms with Gasteiger partial charge in [0.1, 0.15) is 17.3 Å². The predicted molar refractivity (Wildman–Crippen MR) is 99.1 cm³/mol. The SMILES string of the molecule is Clc1ccc(-c2cc(CSc3n[nH]c(C4CCCC4)n3)on2)c(Cl)c1. The maximum atomic E-state index is 6.22. The van der Waals surface area contributed by atoms with E-state index in [1.165, 1.54) is 37.4 Å². The Morgan fingerprint density at radius 1 is 1.20 bits per heavy atom. The van der Waals surface area contributed by atoms with Crippen LogP contribution in [0, 0.1) is 0 Å². The summed E-state index contributed by atoms with van der Waals surface area (Å²) in [5.41, 5.74) is 1.49. The van der Waals surface area contributed by atoms with Crippen LogP contribution in [-0.4, -0.2) is 20.3 Å². The second-order valence-corrected chi connectivity index (χ2v) is 7.86. The van der Waals surface area contributed by atoms with E-state index in [2.05, 4.69) is 20.3 Å². The monoisotopic (exact) mass is 394 g/mol. The summed E-state index contributed by atoms with van der Waals surface area (Å²) in [5, 5.41) is 13.3. The summed E-state index contributed by atoms with van der Waals surface area (Å²) in [6.45, 7) is 0. The molecular weight excluding hydrogens is 379 g/mol. The van der Waals surface area contributed by atoms with Gasteiger partial charge in [0.25, 0.3) is 0 Å². The molecule has 130 valence electrons. The second-order valence-electron chi connectivity index (χ2n) is 6.08. The zero-order valence-corrected chi connectivity index (χ0v) is 15.7. The molecule has 1 aromatic carbocycles. The van der Waals surface area contributed by atoms with Gasteiger partial charge in [0.2, 0.25) is 5.16 Å². The molecule has 1 saturated carbocycles. The first-order valence-corrected chi connectivity index (χ1v) is 9.89. The number of thioether (sulfide) groups is 1. The van der Waals surface area contributed by atoms with Gasteiger partial charge in [-0.3, -0.25) is 5.10 Å². The molecule has 1 N–H and O–H groups in total. The number of nitrogens with zero attached hydrogens (tertiary/aromatic N) is 3. The molecule has 1 aliphatic carbocycles. The fourth-order valence-electron chi connectivity index (χ4n) is 3.05. The van der Waals surface area contributed by atoms with Crippen LogP contribution in [0.3, 0.4) is 0 Å². The van der Waals surface area contributed by atoms with E-state index >= 15 is 0 Å². The molecule has 2 aromatic heterocycles. The number of hydrogen-bond acceptors (Lipinski definition) is 5. The van der Waals surface area contributed by atoms with Gasteiger partial charge in [-0.25, -0.2) is 4.98 Å². The molecule has 25 heavy (non-hydrogen) atoms. The smallest absolute Gasteiger partial charge is 0.208 e. The van der Waals surface area contributed by atoms with E-state index in [1.54, 1.807) is 12.1 Å². The van der Waals surface area contributed by atoms with Crippen molar-refractivity contribution in [2.45, 2.75) is 42.5 Å². The fraction of sp³-hybridized carbons (Fsp3) is 0.353. The van der Waals surface area contributed by atoms with Crippen LogP contribution in [0.1, 0.15) is 43.2 Å². The van der Waals surface area contributed by atoms with Crippen molar-refractivity contribution < 1.29 is 4.52 Å². The highest BCUT2D eigenvalue weighted by Gasteiger charge is 2.21. The van der Waals surface area contributed by atoms with E-state index in [9.17, 15) is 0 Å². The van der Waals surface area contributed by atoms with Gasteiger partial charge in [0, 0.05) is 22.6 Å². The molecular formula is C17H16Cl2N4OS. The van der Waals surface area contributed by atoms with Gasteiger partial charge in [0.05, 0.1) is 10.8 Å². The van der Waals surface area contributed by atoms with Crippen molar-refractivity contribution >= 4 is 35.0 Å². The number of aromatic nitrogens is 4. The Balaban J connectivity index is 1.41. The van der Waals surface area contributed by atoms with Crippen LogP contribution < -0.4 is 0 Å². The molecule has 1 fully saturated rings. The summed E-state index contributed by atoms with van der Waals surface area (Å²) in [6.07, 6.45) is 4.96. The largest absolute Gasteiger partial charge is 0.360 e. The standard InChI is InChI=1S/C17H16Cl2N4OS/c18-11-5-6-13(14(19)7-11)15-8-12(24-23-15)9-25-17-20-16(21-22-17)10-3-1-2-4-10/h5-8,10H,1-4,9H2,(H,20,21,22). The van der Waals surface area contributed by atoms with E-state index in [0.29, 0.717) is 27.4 Å². The fourth-order valence-corrected chi connectivity index (χ4v) is 4.23. The Bertz CT molecular complexity index is 873. The number of nitrogens with one attached hydrogen (secondary N) is 1. The van der Waals surface area contributed by atoms with Gasteiger partial charge in [-0.1, -0.05) is 53.0 Å². The number of hydrogen-bond donors (Lipinski definition) is 1. The highest BCUT2D eigenvalue weighted by atomic mass is 35.5. The van der Waals surface area contributed by atoms with Crippen LogP contribution in [0.5, 0.6) is 0 Å². The minimum Gasteiger partial charge on any atom is -0.360 e. The van der Waals surface area contributed by atoms with Gasteiger partial charge in [0.15, 0.2) is 0 Å². The average Bonchev–Trinajstić information content (AvgIpc) is 3.34. The lowest BCUT2D eigenvalue weighted by molar-refractivity contribution is 0.397. The second kappa shape index (κ2) is 7.40. The lowest BCUT2D eigenvalue weighted by Gasteiger charge is -2.01. The Kier molecular flexibility index (Phi) is 5.01. The summed E-state index contributed by atoms with van der Waals surface area (Å²) in [6, 6.07) is 7.19. The number of H-pyrrole nitrogens is 1. The van der Waals surface area contributed by atoms with Crippen molar-refractivity contribution in [1.29, 1.82) is 0 Å². The van der Waals surface area contributed by atoms with Crippen molar-refractivity contribution in [1.82, 2.24) is 20.3 Å². The van der Waals surface area contributed by atoms with Gasteiger partial charge in [-0.2, -0.15) is 0 Å². The third kappa shape index (κ3) is 3.86. The van der Waals surface area contributed by atoms with E-state index in [1.807, 2.05) is 12.1 Å². The first kappa shape index (κ1) is 16.9. The normalized spacial score (nSPS) is 15.1. The van der Waals surface area contributed by atoms with Crippen LogP contribution in [0.4, 0.5) is 0 Å². The van der Waals surface area contributed by atoms with Gasteiger partial charge in [-0.05, 0) is 31.0 Å². The third-order valence-electron chi connectivity index (χ3n) is 4.33. The molecule has 0 aliphatic heterocycles. The summed E-state index contributed by atoms with van der Waals surface area (Å²) < 4.78 is 5.40. The molecule has 0 atom stereocenters. The van der Waals surface area contributed by atoms with Crippen molar-refractivity contribution in [2.24, 2.45) is 0 Å². The maximum absolute atomic E-state index is 6.22. The summed E-state index contributed by atoms with van der Waals surface area (Å²) in [7, 11) is 0. The van der Waals surface area contributed by atoms with Gasteiger partial charge >= 0.3 is 0 Å². The Hall–Kier alpha value is -1.50. The molecule has 4 rings (SSSR count). The van der Waals surface area contributed by atoms with E-state index in [-0.39, 0.29) is 0 Å². The molecule has 0 bridgehead atoms. The predicted octanol–water partition coefficient (Wildman–Crippen LogP) is 5.72. The summed E-state index contributed by atoms with van der Waals surface area (Å²) in [5.74, 6) is 2.90. The van der Waals surface area contributed by atoms with Crippen LogP contribution in [-0.2, 0) is 5.75 Å². The number of aromatic amines is 1. The van der Waals surface area contributed by atoms with E-state index in [4.69, 9.17) is 27.7 Å². The molecule has 0 amide bonds. The Labute approximate surface area is 159 Å². The molecule has 2 heterocycles. The summed E-state index contributed by atoms with van der Waals surface area (Å²) in [4.78, 5) is 4.59. The quantitative estimate of drug-likeness (QED) is 0.560. The molecule has 3 aromatic rings. The highest BCUT2D eigenvalue weighted by Crippen LogP contribution is 2.34. The Morgan fingerprint density at radius 2 is 2.04 bits per heavy atom. The first-order valence-electron chi connectivity index (χ1n) is 8.15. The zero-order chi connectivity index (χ0) is 17.2. The van der Waals surface area contributed by atoms with Crippen molar-refractivity contribution in [3.8, 4) is 11.3 Å². The maximum Gasteiger partial charge on any atom is 0.208 e. The number of halogens is 2. The van der Waals surface area contributed by atoms with E-state index in [0.717, 1.165) is 22.3 Å². The van der Waals surface area contributed by atoms with Gasteiger partial charge in [-0.15, -0.1) is 5.10 Å². The average molecular weight is 395 g/mol. The van der Waals surface area contributed by atoms with Crippen molar-refractivity contribution in [3.63, 3.8) is 0 Å². The molecule has 0 radical (unpaired) electrons. The molecule has 8 heteroatoms. The summed E-state index contributed by atoms with van der Waals surface area (Å²) >= 11 is 13.7. The molecule has 0 spiro atoms. The number of benzene rings is 1. The Morgan fingerprint density at radius 3 is 2.84 bits per heavy atom. The minimum atomic E-state index is 0.533.